The molecule has 0 heterocycles. The van der Waals surface area contributed by atoms with Crippen molar-refractivity contribution < 1.29 is 40.6 Å². The number of halogens is 6. The molecular weight excluding hydrogens is 332 g/mol. The van der Waals surface area contributed by atoms with Crippen LogP contribution in [0.5, 0.6) is 5.75 Å². The summed E-state index contributed by atoms with van der Waals surface area (Å²) in [5.74, 6) is -2.09. The van der Waals surface area contributed by atoms with E-state index in [9.17, 15) is 31.1 Å². The van der Waals surface area contributed by atoms with E-state index in [4.69, 9.17) is 5.26 Å². The van der Waals surface area contributed by atoms with Gasteiger partial charge in [0, 0.05) is 5.56 Å². The summed E-state index contributed by atoms with van der Waals surface area (Å²) in [7, 11) is 0. The molecule has 0 saturated carbocycles. The first-order valence-corrected chi connectivity index (χ1v) is 6.03. The number of benzene rings is 1. The third-order valence-electron chi connectivity index (χ3n) is 2.49. The van der Waals surface area contributed by atoms with Crippen LogP contribution in [0.15, 0.2) is 12.1 Å². The molecule has 1 aromatic rings. The standard InChI is InChI=1S/C13H9F6NO3/c1-2-22-11(21)5-7-3-9(12(14,15)16)8(6-20)4-10(7)23-13(17,18)19/h3-4H,2,5H2,1H3. The third kappa shape index (κ3) is 5.36. The molecule has 0 amide bonds. The van der Waals surface area contributed by atoms with Crippen molar-refractivity contribution in [2.24, 2.45) is 0 Å². The van der Waals surface area contributed by atoms with Crippen LogP contribution in [0.4, 0.5) is 26.3 Å². The minimum Gasteiger partial charge on any atom is -0.466 e. The molecule has 0 spiro atoms. The molecule has 0 N–H and O–H groups in total. The predicted molar refractivity (Wildman–Crippen MR) is 63.2 cm³/mol. The number of alkyl halides is 6. The van der Waals surface area contributed by atoms with E-state index < -0.39 is 47.4 Å². The van der Waals surface area contributed by atoms with Crippen molar-refractivity contribution in [1.82, 2.24) is 0 Å². The highest BCUT2D eigenvalue weighted by molar-refractivity contribution is 5.74. The lowest BCUT2D eigenvalue weighted by Crippen LogP contribution is -2.20. The second-order valence-electron chi connectivity index (χ2n) is 4.14. The maximum Gasteiger partial charge on any atom is 0.573 e. The number of esters is 1. The van der Waals surface area contributed by atoms with E-state index in [-0.39, 0.29) is 12.7 Å². The van der Waals surface area contributed by atoms with Gasteiger partial charge in [0.25, 0.3) is 0 Å². The molecule has 4 nitrogen and oxygen atoms in total. The highest BCUT2D eigenvalue weighted by Gasteiger charge is 2.37. The van der Waals surface area contributed by atoms with Gasteiger partial charge in [-0.05, 0) is 19.1 Å². The van der Waals surface area contributed by atoms with Gasteiger partial charge in [-0.25, -0.2) is 0 Å². The lowest BCUT2D eigenvalue weighted by molar-refractivity contribution is -0.275. The highest BCUT2D eigenvalue weighted by atomic mass is 19.4. The lowest BCUT2D eigenvalue weighted by atomic mass is 10.0. The highest BCUT2D eigenvalue weighted by Crippen LogP contribution is 2.37. The number of hydrogen-bond acceptors (Lipinski definition) is 4. The van der Waals surface area contributed by atoms with Crippen LogP contribution in [0.2, 0.25) is 0 Å². The summed E-state index contributed by atoms with van der Waals surface area (Å²) in [5.41, 5.74) is -3.20. The summed E-state index contributed by atoms with van der Waals surface area (Å²) in [4.78, 5) is 11.3. The minimum absolute atomic E-state index is 0.100. The van der Waals surface area contributed by atoms with Crippen molar-refractivity contribution in [2.75, 3.05) is 6.61 Å². The lowest BCUT2D eigenvalue weighted by Gasteiger charge is -2.16. The van der Waals surface area contributed by atoms with E-state index in [0.717, 1.165) is 6.07 Å². The van der Waals surface area contributed by atoms with E-state index >= 15 is 0 Å². The fourth-order valence-electron chi connectivity index (χ4n) is 1.68. The molecule has 0 bridgehead atoms. The van der Waals surface area contributed by atoms with Crippen LogP contribution in [0, 0.1) is 11.3 Å². The van der Waals surface area contributed by atoms with Gasteiger partial charge in [-0.15, -0.1) is 13.2 Å². The number of rotatable bonds is 4. The summed E-state index contributed by atoms with van der Waals surface area (Å²) in [6.45, 7) is 1.32. The van der Waals surface area contributed by atoms with Crippen LogP contribution < -0.4 is 4.74 Å². The Bertz CT molecular complexity index is 630. The molecule has 0 atom stereocenters. The molecule has 10 heteroatoms. The van der Waals surface area contributed by atoms with Crippen molar-refractivity contribution in [3.8, 4) is 11.8 Å². The average molecular weight is 341 g/mol. The number of carbonyl (C=O) groups excluding carboxylic acids is 1. The van der Waals surface area contributed by atoms with Gasteiger partial charge < -0.3 is 9.47 Å². The Morgan fingerprint density at radius 3 is 2.26 bits per heavy atom. The summed E-state index contributed by atoms with van der Waals surface area (Å²) >= 11 is 0. The van der Waals surface area contributed by atoms with Gasteiger partial charge in [0.15, 0.2) is 0 Å². The number of hydrogen-bond donors (Lipinski definition) is 0. The van der Waals surface area contributed by atoms with Gasteiger partial charge in [0.05, 0.1) is 30.2 Å². The Morgan fingerprint density at radius 2 is 1.83 bits per heavy atom. The third-order valence-corrected chi connectivity index (χ3v) is 2.49. The molecule has 0 fully saturated rings. The molecule has 0 radical (unpaired) electrons. The van der Waals surface area contributed by atoms with Crippen molar-refractivity contribution >= 4 is 5.97 Å². The number of nitriles is 1. The largest absolute Gasteiger partial charge is 0.573 e. The molecule has 1 aromatic carbocycles. The van der Waals surface area contributed by atoms with E-state index in [1.807, 2.05) is 0 Å². The fraction of sp³-hybridized carbons (Fsp3) is 0.385. The summed E-state index contributed by atoms with van der Waals surface area (Å²) in [6, 6.07) is 1.72. The Hall–Kier alpha value is -2.44. The monoisotopic (exact) mass is 341 g/mol. The topological polar surface area (TPSA) is 59.3 Å². The van der Waals surface area contributed by atoms with Crippen LogP contribution in [-0.4, -0.2) is 18.9 Å². The van der Waals surface area contributed by atoms with Gasteiger partial charge in [0.1, 0.15) is 5.75 Å². The fourth-order valence-corrected chi connectivity index (χ4v) is 1.68. The molecule has 0 aliphatic carbocycles. The molecule has 23 heavy (non-hydrogen) atoms. The Morgan fingerprint density at radius 1 is 1.22 bits per heavy atom. The quantitative estimate of drug-likeness (QED) is 0.620. The van der Waals surface area contributed by atoms with E-state index in [1.165, 1.54) is 6.92 Å². The SMILES string of the molecule is CCOC(=O)Cc1cc(C(F)(F)F)c(C#N)cc1OC(F)(F)F. The normalized spacial score (nSPS) is 11.7. The molecule has 0 aliphatic rings. The summed E-state index contributed by atoms with van der Waals surface area (Å²) < 4.78 is 83.6. The Kier molecular flexibility index (Phi) is 5.47. The van der Waals surface area contributed by atoms with Crippen molar-refractivity contribution in [3.05, 3.63) is 28.8 Å². The predicted octanol–water partition coefficient (Wildman–Crippen LogP) is 3.58. The van der Waals surface area contributed by atoms with Crippen LogP contribution in [-0.2, 0) is 22.1 Å². The molecular formula is C13H9F6NO3. The number of nitrogens with zero attached hydrogens (tertiary/aromatic N) is 1. The van der Waals surface area contributed by atoms with Gasteiger partial charge in [-0.3, -0.25) is 4.79 Å². The van der Waals surface area contributed by atoms with Crippen LogP contribution in [0.25, 0.3) is 0 Å². The summed E-state index contributed by atoms with van der Waals surface area (Å²) in [5, 5.41) is 8.68. The van der Waals surface area contributed by atoms with Crippen molar-refractivity contribution in [2.45, 2.75) is 25.9 Å². The van der Waals surface area contributed by atoms with Crippen LogP contribution in [0.1, 0.15) is 23.6 Å². The van der Waals surface area contributed by atoms with E-state index in [1.54, 1.807) is 0 Å². The zero-order chi connectivity index (χ0) is 17.8. The maximum atomic E-state index is 12.8. The molecule has 1 rings (SSSR count). The second-order valence-corrected chi connectivity index (χ2v) is 4.14. The average Bonchev–Trinajstić information content (AvgIpc) is 2.37. The van der Waals surface area contributed by atoms with E-state index in [2.05, 4.69) is 9.47 Å². The van der Waals surface area contributed by atoms with Gasteiger partial charge >= 0.3 is 18.5 Å². The smallest absolute Gasteiger partial charge is 0.466 e. The first-order valence-electron chi connectivity index (χ1n) is 6.03. The zero-order valence-corrected chi connectivity index (χ0v) is 11.5. The maximum absolute atomic E-state index is 12.8. The van der Waals surface area contributed by atoms with Crippen LogP contribution in [0.3, 0.4) is 0 Å². The number of carbonyl (C=O) groups is 1. The number of ether oxygens (including phenoxy) is 2. The van der Waals surface area contributed by atoms with Gasteiger partial charge in [0.2, 0.25) is 0 Å². The molecule has 0 aromatic heterocycles. The Balaban J connectivity index is 3.42. The molecule has 0 aliphatic heterocycles. The first-order chi connectivity index (χ1) is 10.5. The van der Waals surface area contributed by atoms with Crippen LogP contribution >= 0.6 is 0 Å². The molecule has 0 unspecified atom stereocenters. The molecule has 0 saturated heterocycles. The van der Waals surface area contributed by atoms with Crippen molar-refractivity contribution in [1.29, 1.82) is 5.26 Å². The Labute approximate surface area is 126 Å². The van der Waals surface area contributed by atoms with Gasteiger partial charge in [-0.2, -0.15) is 18.4 Å². The zero-order valence-electron chi connectivity index (χ0n) is 11.5. The second kappa shape index (κ2) is 6.76. The van der Waals surface area contributed by atoms with E-state index in [0.29, 0.717) is 6.07 Å². The summed E-state index contributed by atoms with van der Waals surface area (Å²) in [6.07, 6.45) is -11.0. The van der Waals surface area contributed by atoms with Gasteiger partial charge in [-0.1, -0.05) is 0 Å². The van der Waals surface area contributed by atoms with Crippen molar-refractivity contribution in [3.63, 3.8) is 0 Å². The first kappa shape index (κ1) is 18.6. The molecule has 126 valence electrons. The minimum atomic E-state index is -5.20.